The Morgan fingerprint density at radius 1 is 0.929 bits per heavy atom. The molecule has 0 fully saturated rings. The maximum absolute atomic E-state index is 13.6. The van der Waals surface area contributed by atoms with Gasteiger partial charge >= 0.3 is 0 Å². The van der Waals surface area contributed by atoms with Crippen molar-refractivity contribution in [3.63, 3.8) is 0 Å². The molecule has 0 N–H and O–H groups in total. The van der Waals surface area contributed by atoms with Gasteiger partial charge in [0.2, 0.25) is 9.84 Å². The summed E-state index contributed by atoms with van der Waals surface area (Å²) in [6.07, 6.45) is 2.41. The molecule has 5 heteroatoms. The number of benzene rings is 2. The number of aryl methyl sites for hydroxylation is 3. The van der Waals surface area contributed by atoms with E-state index in [1.807, 2.05) is 39.8 Å². The van der Waals surface area contributed by atoms with Gasteiger partial charge in [0.25, 0.3) is 0 Å². The second-order valence-electron chi connectivity index (χ2n) is 7.10. The lowest BCUT2D eigenvalue weighted by atomic mass is 10.1. The van der Waals surface area contributed by atoms with E-state index >= 15 is 0 Å². The Hall–Kier alpha value is -2.40. The topological polar surface area (TPSA) is 50.3 Å². The van der Waals surface area contributed by atoms with Crippen molar-refractivity contribution in [1.82, 2.24) is 4.98 Å². The molecule has 1 aromatic heterocycles. The summed E-state index contributed by atoms with van der Waals surface area (Å²) in [5, 5.41) is 0.896. The zero-order valence-electron chi connectivity index (χ0n) is 17.3. The highest BCUT2D eigenvalue weighted by molar-refractivity contribution is 7.91. The van der Waals surface area contributed by atoms with E-state index in [-0.39, 0.29) is 4.90 Å². The van der Waals surface area contributed by atoms with Crippen LogP contribution in [0.2, 0.25) is 0 Å². The predicted molar refractivity (Wildman–Crippen MR) is 116 cm³/mol. The monoisotopic (exact) mass is 396 g/mol. The third-order valence-electron chi connectivity index (χ3n) is 5.44. The first-order chi connectivity index (χ1) is 13.3. The summed E-state index contributed by atoms with van der Waals surface area (Å²) in [6.45, 7) is 11.6. The smallest absolute Gasteiger partial charge is 0.210 e. The highest BCUT2D eigenvalue weighted by Gasteiger charge is 2.26. The van der Waals surface area contributed by atoms with Crippen molar-refractivity contribution in [3.05, 3.63) is 59.3 Å². The van der Waals surface area contributed by atoms with E-state index in [4.69, 9.17) is 0 Å². The van der Waals surface area contributed by atoms with Crippen molar-refractivity contribution in [2.45, 2.75) is 50.8 Å². The summed E-state index contributed by atoms with van der Waals surface area (Å²) in [7, 11) is -3.69. The van der Waals surface area contributed by atoms with Gasteiger partial charge in [0.05, 0.1) is 16.1 Å². The lowest BCUT2D eigenvalue weighted by Crippen LogP contribution is -2.24. The predicted octanol–water partition coefficient (Wildman–Crippen LogP) is 5.09. The zero-order valence-corrected chi connectivity index (χ0v) is 18.1. The number of sulfone groups is 1. The number of pyridine rings is 1. The maximum atomic E-state index is 13.6. The molecule has 148 valence electrons. The van der Waals surface area contributed by atoms with Crippen molar-refractivity contribution < 1.29 is 8.42 Å². The van der Waals surface area contributed by atoms with Gasteiger partial charge < -0.3 is 4.90 Å². The first-order valence-corrected chi connectivity index (χ1v) is 11.3. The average Bonchev–Trinajstić information content (AvgIpc) is 2.70. The number of rotatable bonds is 6. The number of fused-ring (bicyclic) bond motifs is 1. The lowest BCUT2D eigenvalue weighted by Gasteiger charge is -2.26. The van der Waals surface area contributed by atoms with Crippen LogP contribution in [-0.2, 0) is 16.3 Å². The molecule has 0 unspecified atom stereocenters. The lowest BCUT2D eigenvalue weighted by molar-refractivity contribution is 0.595. The summed E-state index contributed by atoms with van der Waals surface area (Å²) >= 11 is 0. The fraction of sp³-hybridized carbons (Fsp3) is 0.348. The molecule has 3 aromatic rings. The Kier molecular flexibility index (Phi) is 5.75. The molecule has 0 saturated heterocycles. The van der Waals surface area contributed by atoms with Crippen molar-refractivity contribution >= 4 is 26.4 Å². The van der Waals surface area contributed by atoms with Gasteiger partial charge in [-0.1, -0.05) is 19.1 Å². The van der Waals surface area contributed by atoms with Gasteiger partial charge in [-0.25, -0.2) is 8.42 Å². The molecule has 1 heterocycles. The molecule has 3 rings (SSSR count). The molecule has 28 heavy (non-hydrogen) atoms. The fourth-order valence-electron chi connectivity index (χ4n) is 3.50. The minimum Gasteiger partial charge on any atom is -0.370 e. The zero-order chi connectivity index (χ0) is 20.5. The largest absolute Gasteiger partial charge is 0.370 e. The van der Waals surface area contributed by atoms with Crippen LogP contribution in [0.3, 0.4) is 0 Å². The Balaban J connectivity index is 2.35. The van der Waals surface area contributed by atoms with Crippen LogP contribution in [0.15, 0.2) is 52.4 Å². The van der Waals surface area contributed by atoms with Gasteiger partial charge in [0.15, 0.2) is 0 Å². The van der Waals surface area contributed by atoms with E-state index < -0.39 is 9.84 Å². The fourth-order valence-corrected chi connectivity index (χ4v) is 5.02. The Morgan fingerprint density at radius 2 is 1.64 bits per heavy atom. The highest BCUT2D eigenvalue weighted by atomic mass is 32.2. The summed E-state index contributed by atoms with van der Waals surface area (Å²) in [5.41, 5.74) is 4.78. The van der Waals surface area contributed by atoms with Crippen LogP contribution in [0.25, 0.3) is 10.9 Å². The molecule has 0 amide bonds. The molecule has 0 aliphatic carbocycles. The van der Waals surface area contributed by atoms with Gasteiger partial charge in [-0.2, -0.15) is 0 Å². The van der Waals surface area contributed by atoms with E-state index in [0.717, 1.165) is 47.2 Å². The minimum atomic E-state index is -3.69. The molecular formula is C23H28N2O2S. The second kappa shape index (κ2) is 7.92. The summed E-state index contributed by atoms with van der Waals surface area (Å²) in [4.78, 5) is 7.20. The first-order valence-electron chi connectivity index (χ1n) is 9.82. The van der Waals surface area contributed by atoms with Gasteiger partial charge in [-0.15, -0.1) is 0 Å². The molecule has 0 aliphatic heterocycles. The molecule has 4 nitrogen and oxygen atoms in total. The van der Waals surface area contributed by atoms with E-state index in [1.165, 1.54) is 11.8 Å². The summed E-state index contributed by atoms with van der Waals surface area (Å²) < 4.78 is 27.2. The van der Waals surface area contributed by atoms with E-state index in [2.05, 4.69) is 28.9 Å². The number of aromatic nitrogens is 1. The van der Waals surface area contributed by atoms with E-state index in [0.29, 0.717) is 4.90 Å². The molecule has 0 atom stereocenters. The second-order valence-corrected chi connectivity index (χ2v) is 9.02. The van der Waals surface area contributed by atoms with Crippen molar-refractivity contribution in [2.24, 2.45) is 0 Å². The molecule has 2 aromatic carbocycles. The number of hydrogen-bond donors (Lipinski definition) is 0. The van der Waals surface area contributed by atoms with Crippen LogP contribution < -0.4 is 4.90 Å². The normalized spacial score (nSPS) is 11.8. The van der Waals surface area contributed by atoms with Crippen LogP contribution in [0.1, 0.15) is 37.5 Å². The molecule has 0 spiro atoms. The van der Waals surface area contributed by atoms with E-state index in [1.54, 1.807) is 12.1 Å². The summed E-state index contributed by atoms with van der Waals surface area (Å²) in [5.74, 6) is 0. The number of nitrogens with zero attached hydrogens (tertiary/aromatic N) is 2. The number of anilines is 1. The van der Waals surface area contributed by atoms with E-state index in [9.17, 15) is 8.42 Å². The van der Waals surface area contributed by atoms with Crippen LogP contribution in [0, 0.1) is 13.8 Å². The quantitative estimate of drug-likeness (QED) is 0.582. The molecule has 0 radical (unpaired) electrons. The van der Waals surface area contributed by atoms with Gasteiger partial charge in [-0.3, -0.25) is 4.98 Å². The van der Waals surface area contributed by atoms with Gasteiger partial charge in [-0.05, 0) is 75.1 Å². The Labute approximate surface area is 168 Å². The van der Waals surface area contributed by atoms with Gasteiger partial charge in [0.1, 0.15) is 4.90 Å². The molecule has 0 aliphatic rings. The van der Waals surface area contributed by atoms with Crippen LogP contribution >= 0.6 is 0 Å². The Morgan fingerprint density at radius 3 is 2.25 bits per heavy atom. The minimum absolute atomic E-state index is 0.278. The van der Waals surface area contributed by atoms with Crippen LogP contribution in [0.5, 0.6) is 0 Å². The number of hydrogen-bond acceptors (Lipinski definition) is 4. The average molecular weight is 397 g/mol. The maximum Gasteiger partial charge on any atom is 0.210 e. The van der Waals surface area contributed by atoms with Crippen molar-refractivity contribution in [1.29, 1.82) is 0 Å². The molecule has 0 bridgehead atoms. The Bertz CT molecular complexity index is 1120. The van der Waals surface area contributed by atoms with Crippen molar-refractivity contribution in [3.8, 4) is 0 Å². The standard InChI is InChI=1S/C23H28N2O2S/c1-6-18-10-12-21-20(14-18)23(25(7-2)8-3)22(15-24-21)28(26,27)19-11-9-16(4)17(5)13-19/h9-15H,6-8H2,1-5H3. The van der Waals surface area contributed by atoms with Gasteiger partial charge in [0, 0.05) is 24.7 Å². The third-order valence-corrected chi connectivity index (χ3v) is 7.19. The SMILES string of the molecule is CCc1ccc2ncc(S(=O)(=O)c3ccc(C)c(C)c3)c(N(CC)CC)c2c1. The highest BCUT2D eigenvalue weighted by Crippen LogP contribution is 2.36. The molecule has 0 saturated carbocycles. The molecular weight excluding hydrogens is 368 g/mol. The van der Waals surface area contributed by atoms with Crippen LogP contribution in [0.4, 0.5) is 5.69 Å². The first kappa shape index (κ1) is 20.3. The van der Waals surface area contributed by atoms with Crippen LogP contribution in [-0.4, -0.2) is 26.5 Å². The third kappa shape index (κ3) is 3.51. The summed E-state index contributed by atoms with van der Waals surface area (Å²) in [6, 6.07) is 11.4. The van der Waals surface area contributed by atoms with Crippen molar-refractivity contribution in [2.75, 3.05) is 18.0 Å².